The molecule has 2 aromatic rings. The van der Waals surface area contributed by atoms with E-state index in [-0.39, 0.29) is 12.5 Å². The lowest BCUT2D eigenvalue weighted by Crippen LogP contribution is -2.39. The van der Waals surface area contributed by atoms with Gasteiger partial charge in [-0.05, 0) is 29.8 Å². The maximum Gasteiger partial charge on any atom is 0.330 e. The number of hydrogen-bond donors (Lipinski definition) is 3. The van der Waals surface area contributed by atoms with E-state index < -0.39 is 12.0 Å². The van der Waals surface area contributed by atoms with Crippen LogP contribution in [0.25, 0.3) is 0 Å². The van der Waals surface area contributed by atoms with Gasteiger partial charge in [-0.1, -0.05) is 30.3 Å². The van der Waals surface area contributed by atoms with Gasteiger partial charge in [0.2, 0.25) is 5.91 Å². The summed E-state index contributed by atoms with van der Waals surface area (Å²) in [7, 11) is 0. The molecule has 2 rings (SSSR count). The lowest BCUT2D eigenvalue weighted by Gasteiger charge is -2.08. The second-order valence-electron chi connectivity index (χ2n) is 5.20. The van der Waals surface area contributed by atoms with Crippen LogP contribution in [-0.2, 0) is 16.1 Å². The average molecular weight is 341 g/mol. The number of carbonyl (C=O) groups excluding carboxylic acids is 3. The van der Waals surface area contributed by atoms with E-state index in [4.69, 9.17) is 4.74 Å². The first-order valence-corrected chi connectivity index (χ1v) is 7.67. The molecule has 0 fully saturated rings. The fraction of sp³-hybridized carbons (Fsp3) is 0.167. The molecule has 0 atom stereocenters. The van der Waals surface area contributed by atoms with Crippen LogP contribution in [0.3, 0.4) is 0 Å². The molecule has 7 nitrogen and oxygen atoms in total. The first kappa shape index (κ1) is 18.0. The van der Waals surface area contributed by atoms with Gasteiger partial charge < -0.3 is 20.7 Å². The molecule has 0 unspecified atom stereocenters. The van der Waals surface area contributed by atoms with Gasteiger partial charge in [0.25, 0.3) is 0 Å². The summed E-state index contributed by atoms with van der Waals surface area (Å²) in [5.41, 5.74) is 1.56. The molecule has 7 heteroatoms. The topological polar surface area (TPSA) is 96.5 Å². The minimum Gasteiger partial charge on any atom is -0.425 e. The Morgan fingerprint density at radius 2 is 1.60 bits per heavy atom. The predicted molar refractivity (Wildman–Crippen MR) is 93.1 cm³/mol. The Kier molecular flexibility index (Phi) is 6.53. The molecule has 0 heterocycles. The normalized spacial score (nSPS) is 9.80. The van der Waals surface area contributed by atoms with Crippen LogP contribution < -0.4 is 20.7 Å². The maximum absolute atomic E-state index is 11.7. The summed E-state index contributed by atoms with van der Waals surface area (Å²) in [5, 5.41) is 7.68. The Balaban J connectivity index is 1.71. The minimum atomic E-state index is -0.595. The van der Waals surface area contributed by atoms with Crippen molar-refractivity contribution >= 4 is 23.6 Å². The number of rotatable bonds is 6. The van der Waals surface area contributed by atoms with Crippen molar-refractivity contribution < 1.29 is 19.1 Å². The Hall–Kier alpha value is -3.35. The monoisotopic (exact) mass is 341 g/mol. The Labute approximate surface area is 145 Å². The molecule has 0 radical (unpaired) electrons. The Morgan fingerprint density at radius 1 is 0.920 bits per heavy atom. The number of ether oxygens (including phenoxy) is 1. The molecule has 3 amide bonds. The van der Waals surface area contributed by atoms with E-state index in [1.165, 1.54) is 6.92 Å². The second-order valence-corrected chi connectivity index (χ2v) is 5.20. The van der Waals surface area contributed by atoms with E-state index in [9.17, 15) is 14.4 Å². The number of urea groups is 1. The van der Waals surface area contributed by atoms with Crippen LogP contribution in [0.5, 0.6) is 5.75 Å². The van der Waals surface area contributed by atoms with Crippen LogP contribution in [-0.4, -0.2) is 24.5 Å². The van der Waals surface area contributed by atoms with Crippen LogP contribution in [0.2, 0.25) is 0 Å². The van der Waals surface area contributed by atoms with Crippen molar-refractivity contribution in [3.63, 3.8) is 0 Å². The highest BCUT2D eigenvalue weighted by Gasteiger charge is 2.08. The van der Waals surface area contributed by atoms with Crippen molar-refractivity contribution in [1.82, 2.24) is 10.6 Å². The number of esters is 1. The van der Waals surface area contributed by atoms with Gasteiger partial charge in [0.05, 0.1) is 0 Å². The lowest BCUT2D eigenvalue weighted by atomic mass is 10.2. The van der Waals surface area contributed by atoms with Crippen LogP contribution in [0, 0.1) is 0 Å². The molecule has 0 aromatic heterocycles. The summed E-state index contributed by atoms with van der Waals surface area (Å²) in [4.78, 5) is 34.3. The maximum atomic E-state index is 11.7. The SMILES string of the molecule is CC(=O)Nc1ccc(OC(=O)CNC(=O)NCc2ccccc2)cc1. The van der Waals surface area contributed by atoms with E-state index in [0.29, 0.717) is 18.0 Å². The van der Waals surface area contributed by atoms with E-state index in [1.807, 2.05) is 30.3 Å². The van der Waals surface area contributed by atoms with Crippen LogP contribution in [0.15, 0.2) is 54.6 Å². The fourth-order valence-electron chi connectivity index (χ4n) is 1.97. The van der Waals surface area contributed by atoms with Gasteiger partial charge in [0, 0.05) is 19.2 Å². The molecule has 0 spiro atoms. The van der Waals surface area contributed by atoms with Crippen molar-refractivity contribution in [3.8, 4) is 5.75 Å². The van der Waals surface area contributed by atoms with Gasteiger partial charge in [0.1, 0.15) is 12.3 Å². The molecule has 0 aliphatic heterocycles. The van der Waals surface area contributed by atoms with E-state index in [0.717, 1.165) is 5.56 Å². The summed E-state index contributed by atoms with van der Waals surface area (Å²) in [5.74, 6) is -0.455. The zero-order valence-corrected chi connectivity index (χ0v) is 13.7. The highest BCUT2D eigenvalue weighted by molar-refractivity contribution is 5.88. The number of hydrogen-bond acceptors (Lipinski definition) is 4. The molecule has 0 aliphatic rings. The second kappa shape index (κ2) is 9.07. The number of benzene rings is 2. The standard InChI is InChI=1S/C18H19N3O4/c1-13(22)21-15-7-9-16(10-8-15)25-17(23)12-20-18(24)19-11-14-5-3-2-4-6-14/h2-10H,11-12H2,1H3,(H,21,22)(H2,19,20,24). The van der Waals surface area contributed by atoms with Crippen molar-refractivity contribution in [2.75, 3.05) is 11.9 Å². The molecule has 0 aliphatic carbocycles. The molecule has 2 aromatic carbocycles. The van der Waals surface area contributed by atoms with E-state index >= 15 is 0 Å². The third-order valence-corrected chi connectivity index (χ3v) is 3.10. The largest absolute Gasteiger partial charge is 0.425 e. The van der Waals surface area contributed by atoms with Crippen LogP contribution >= 0.6 is 0 Å². The first-order chi connectivity index (χ1) is 12.0. The zero-order chi connectivity index (χ0) is 18.1. The van der Waals surface area contributed by atoms with Crippen molar-refractivity contribution in [3.05, 3.63) is 60.2 Å². The lowest BCUT2D eigenvalue weighted by molar-refractivity contribution is -0.133. The Morgan fingerprint density at radius 3 is 2.24 bits per heavy atom. The summed E-state index contributed by atoms with van der Waals surface area (Å²) in [6.45, 7) is 1.52. The van der Waals surface area contributed by atoms with Crippen molar-refractivity contribution in [2.24, 2.45) is 0 Å². The van der Waals surface area contributed by atoms with E-state index in [1.54, 1.807) is 24.3 Å². The molecule has 0 saturated heterocycles. The molecular weight excluding hydrogens is 322 g/mol. The predicted octanol–water partition coefficient (Wildman–Crippen LogP) is 2.05. The summed E-state index contributed by atoms with van der Waals surface area (Å²) < 4.78 is 5.09. The number of anilines is 1. The number of carbonyl (C=O) groups is 3. The third-order valence-electron chi connectivity index (χ3n) is 3.10. The highest BCUT2D eigenvalue weighted by atomic mass is 16.5. The van der Waals surface area contributed by atoms with Gasteiger partial charge in [-0.3, -0.25) is 4.79 Å². The molecule has 0 saturated carbocycles. The van der Waals surface area contributed by atoms with E-state index in [2.05, 4.69) is 16.0 Å². The minimum absolute atomic E-state index is 0.185. The average Bonchev–Trinajstić information content (AvgIpc) is 2.60. The molecular formula is C18H19N3O4. The summed E-state index contributed by atoms with van der Waals surface area (Å²) in [6, 6.07) is 15.3. The molecule has 25 heavy (non-hydrogen) atoms. The van der Waals surface area contributed by atoms with Crippen molar-refractivity contribution in [1.29, 1.82) is 0 Å². The smallest absolute Gasteiger partial charge is 0.330 e. The van der Waals surface area contributed by atoms with Gasteiger partial charge in [0.15, 0.2) is 0 Å². The number of amides is 3. The highest BCUT2D eigenvalue weighted by Crippen LogP contribution is 2.15. The van der Waals surface area contributed by atoms with Crippen LogP contribution in [0.1, 0.15) is 12.5 Å². The van der Waals surface area contributed by atoms with Gasteiger partial charge >= 0.3 is 12.0 Å². The quantitative estimate of drug-likeness (QED) is 0.553. The molecule has 3 N–H and O–H groups in total. The van der Waals surface area contributed by atoms with Crippen molar-refractivity contribution in [2.45, 2.75) is 13.5 Å². The zero-order valence-electron chi connectivity index (χ0n) is 13.7. The Bertz CT molecular complexity index is 730. The first-order valence-electron chi connectivity index (χ1n) is 7.67. The van der Waals surface area contributed by atoms with Gasteiger partial charge in [-0.15, -0.1) is 0 Å². The van der Waals surface area contributed by atoms with Gasteiger partial charge in [-0.25, -0.2) is 9.59 Å². The number of nitrogens with one attached hydrogen (secondary N) is 3. The van der Waals surface area contributed by atoms with Gasteiger partial charge in [-0.2, -0.15) is 0 Å². The summed E-state index contributed by atoms with van der Waals surface area (Å²) >= 11 is 0. The third kappa shape index (κ3) is 6.74. The molecule has 0 bridgehead atoms. The fourth-order valence-corrected chi connectivity index (χ4v) is 1.97. The molecule has 130 valence electrons. The summed E-state index contributed by atoms with van der Waals surface area (Å²) in [6.07, 6.45) is 0. The van der Waals surface area contributed by atoms with Crippen LogP contribution in [0.4, 0.5) is 10.5 Å².